The summed E-state index contributed by atoms with van der Waals surface area (Å²) in [5, 5.41) is 0. The third kappa shape index (κ3) is 3.73. The minimum atomic E-state index is -0.360. The minimum absolute atomic E-state index is 0.118. The molecule has 0 atom stereocenters. The SMILES string of the molecule is CN(C)c1ncc2c(n1)C1(CCN(c3cc(C(=O)N4CCCC4)ccn3)CC1)OCC2. The number of rotatable bonds is 3. The van der Waals surface area contributed by atoms with E-state index in [9.17, 15) is 4.79 Å². The van der Waals surface area contributed by atoms with Crippen LogP contribution in [0.25, 0.3) is 0 Å². The first-order chi connectivity index (χ1) is 15.1. The van der Waals surface area contributed by atoms with Crippen LogP contribution in [0.15, 0.2) is 24.5 Å². The van der Waals surface area contributed by atoms with E-state index in [-0.39, 0.29) is 11.5 Å². The van der Waals surface area contributed by atoms with Gasteiger partial charge in [0.2, 0.25) is 5.95 Å². The third-order valence-electron chi connectivity index (χ3n) is 6.71. The quantitative estimate of drug-likeness (QED) is 0.751. The van der Waals surface area contributed by atoms with Crippen LogP contribution in [0, 0.1) is 0 Å². The Morgan fingerprint density at radius 3 is 2.65 bits per heavy atom. The molecule has 0 N–H and O–H groups in total. The van der Waals surface area contributed by atoms with Crippen molar-refractivity contribution in [1.82, 2.24) is 19.9 Å². The summed E-state index contributed by atoms with van der Waals surface area (Å²) >= 11 is 0. The van der Waals surface area contributed by atoms with Crippen LogP contribution in [0.4, 0.5) is 11.8 Å². The standard InChI is InChI=1S/C23H30N6O2/c1-27(2)22-25-16-18-6-14-31-23(20(18)26-22)7-12-28(13-8-23)19-15-17(5-9-24-19)21(30)29-10-3-4-11-29/h5,9,15-16H,3-4,6-8,10-14H2,1-2H3. The average Bonchev–Trinajstić information content (AvgIpc) is 3.34. The Bertz CT molecular complexity index is 964. The van der Waals surface area contributed by atoms with Crippen LogP contribution in [-0.2, 0) is 16.8 Å². The van der Waals surface area contributed by atoms with Gasteiger partial charge in [-0.1, -0.05) is 0 Å². The van der Waals surface area contributed by atoms with E-state index in [0.717, 1.165) is 81.3 Å². The highest BCUT2D eigenvalue weighted by Crippen LogP contribution is 2.41. The largest absolute Gasteiger partial charge is 0.368 e. The topological polar surface area (TPSA) is 74.7 Å². The van der Waals surface area contributed by atoms with Gasteiger partial charge in [0.05, 0.1) is 12.3 Å². The predicted molar refractivity (Wildman–Crippen MR) is 119 cm³/mol. The van der Waals surface area contributed by atoms with Gasteiger partial charge in [0.25, 0.3) is 5.91 Å². The van der Waals surface area contributed by atoms with E-state index in [1.807, 2.05) is 42.2 Å². The van der Waals surface area contributed by atoms with Crippen LogP contribution in [0.2, 0.25) is 0 Å². The van der Waals surface area contributed by atoms with Crippen molar-refractivity contribution in [2.75, 3.05) is 56.7 Å². The van der Waals surface area contributed by atoms with Crippen LogP contribution in [0.1, 0.15) is 47.3 Å². The molecule has 0 radical (unpaired) electrons. The summed E-state index contributed by atoms with van der Waals surface area (Å²) in [5.74, 6) is 1.71. The number of amides is 1. The molecule has 0 saturated carbocycles. The van der Waals surface area contributed by atoms with Crippen molar-refractivity contribution in [2.24, 2.45) is 0 Å². The van der Waals surface area contributed by atoms with E-state index in [1.54, 1.807) is 6.20 Å². The molecule has 31 heavy (non-hydrogen) atoms. The van der Waals surface area contributed by atoms with Crippen molar-refractivity contribution in [2.45, 2.75) is 37.7 Å². The number of ether oxygens (including phenoxy) is 1. The van der Waals surface area contributed by atoms with Crippen LogP contribution >= 0.6 is 0 Å². The number of pyridine rings is 1. The molecule has 1 amide bonds. The van der Waals surface area contributed by atoms with Crippen molar-refractivity contribution in [3.8, 4) is 0 Å². The Balaban J connectivity index is 1.34. The molecule has 2 saturated heterocycles. The van der Waals surface area contributed by atoms with Crippen molar-refractivity contribution in [3.63, 3.8) is 0 Å². The van der Waals surface area contributed by atoms with Gasteiger partial charge >= 0.3 is 0 Å². The highest BCUT2D eigenvalue weighted by atomic mass is 16.5. The number of carbonyl (C=O) groups is 1. The number of aromatic nitrogens is 3. The predicted octanol–water partition coefficient (Wildman–Crippen LogP) is 2.24. The Hall–Kier alpha value is -2.74. The molecule has 1 spiro atoms. The number of likely N-dealkylation sites (tertiary alicyclic amines) is 1. The summed E-state index contributed by atoms with van der Waals surface area (Å²) in [7, 11) is 3.92. The van der Waals surface area contributed by atoms with Crippen LogP contribution in [0.3, 0.4) is 0 Å². The number of hydrogen-bond donors (Lipinski definition) is 0. The Kier molecular flexibility index (Phi) is 5.25. The fourth-order valence-corrected chi connectivity index (χ4v) is 4.92. The molecule has 2 aromatic heterocycles. The number of fused-ring (bicyclic) bond motifs is 2. The molecule has 0 aliphatic carbocycles. The lowest BCUT2D eigenvalue weighted by Crippen LogP contribution is -2.47. The monoisotopic (exact) mass is 422 g/mol. The zero-order chi connectivity index (χ0) is 21.4. The Morgan fingerprint density at radius 1 is 1.13 bits per heavy atom. The van der Waals surface area contributed by atoms with Gasteiger partial charge in [0.15, 0.2) is 0 Å². The van der Waals surface area contributed by atoms with Gasteiger partial charge in [-0.15, -0.1) is 0 Å². The average molecular weight is 423 g/mol. The van der Waals surface area contributed by atoms with Crippen LogP contribution in [0.5, 0.6) is 0 Å². The minimum Gasteiger partial charge on any atom is -0.368 e. The normalized spacial score (nSPS) is 20.1. The second-order valence-corrected chi connectivity index (χ2v) is 8.92. The van der Waals surface area contributed by atoms with E-state index in [4.69, 9.17) is 9.72 Å². The lowest BCUT2D eigenvalue weighted by molar-refractivity contribution is -0.0801. The zero-order valence-electron chi connectivity index (χ0n) is 18.4. The molecule has 8 heteroatoms. The van der Waals surface area contributed by atoms with E-state index in [2.05, 4.69) is 14.9 Å². The Morgan fingerprint density at radius 2 is 1.90 bits per heavy atom. The molecule has 5 heterocycles. The van der Waals surface area contributed by atoms with Gasteiger partial charge in [-0.3, -0.25) is 4.79 Å². The van der Waals surface area contributed by atoms with Gasteiger partial charge in [-0.2, -0.15) is 0 Å². The first-order valence-electron chi connectivity index (χ1n) is 11.2. The van der Waals surface area contributed by atoms with Gasteiger partial charge in [-0.25, -0.2) is 15.0 Å². The molecule has 2 fully saturated rings. The molecule has 3 aliphatic heterocycles. The van der Waals surface area contributed by atoms with Gasteiger partial charge in [0.1, 0.15) is 11.4 Å². The molecule has 164 valence electrons. The summed E-state index contributed by atoms with van der Waals surface area (Å²) in [5.41, 5.74) is 2.61. The molecule has 5 rings (SSSR count). The fourth-order valence-electron chi connectivity index (χ4n) is 4.92. The first kappa shape index (κ1) is 20.2. The second-order valence-electron chi connectivity index (χ2n) is 8.92. The molecule has 0 aromatic carbocycles. The third-order valence-corrected chi connectivity index (χ3v) is 6.71. The van der Waals surface area contributed by atoms with Crippen molar-refractivity contribution in [3.05, 3.63) is 41.3 Å². The van der Waals surface area contributed by atoms with E-state index in [0.29, 0.717) is 6.61 Å². The maximum atomic E-state index is 12.8. The van der Waals surface area contributed by atoms with E-state index in [1.165, 1.54) is 5.56 Å². The smallest absolute Gasteiger partial charge is 0.254 e. The summed E-state index contributed by atoms with van der Waals surface area (Å²) in [6, 6.07) is 3.77. The lowest BCUT2D eigenvalue weighted by Gasteiger charge is -2.44. The molecular weight excluding hydrogens is 392 g/mol. The van der Waals surface area contributed by atoms with Gasteiger partial charge in [0, 0.05) is 58.2 Å². The van der Waals surface area contributed by atoms with Crippen LogP contribution < -0.4 is 9.80 Å². The van der Waals surface area contributed by atoms with E-state index < -0.39 is 0 Å². The second kappa shape index (κ2) is 8.07. The molecule has 3 aliphatic rings. The van der Waals surface area contributed by atoms with Gasteiger partial charge in [-0.05, 0) is 49.8 Å². The fraction of sp³-hybridized carbons (Fsp3) is 0.565. The van der Waals surface area contributed by atoms with Crippen molar-refractivity contribution < 1.29 is 9.53 Å². The number of carbonyl (C=O) groups excluding carboxylic acids is 1. The Labute approximate surface area is 183 Å². The number of hydrogen-bond acceptors (Lipinski definition) is 7. The summed E-state index contributed by atoms with van der Waals surface area (Å²) in [6.07, 6.45) is 8.45. The van der Waals surface area contributed by atoms with Crippen molar-refractivity contribution in [1.29, 1.82) is 0 Å². The van der Waals surface area contributed by atoms with Crippen molar-refractivity contribution >= 4 is 17.7 Å². The lowest BCUT2D eigenvalue weighted by atomic mass is 9.83. The zero-order valence-corrected chi connectivity index (χ0v) is 18.4. The maximum Gasteiger partial charge on any atom is 0.254 e. The van der Waals surface area contributed by atoms with Crippen LogP contribution in [-0.4, -0.2) is 72.6 Å². The number of anilines is 2. The molecule has 0 bridgehead atoms. The first-order valence-corrected chi connectivity index (χ1v) is 11.2. The number of nitrogens with zero attached hydrogens (tertiary/aromatic N) is 6. The van der Waals surface area contributed by atoms with Gasteiger partial charge < -0.3 is 19.4 Å². The summed E-state index contributed by atoms with van der Waals surface area (Å²) in [4.78, 5) is 32.9. The highest BCUT2D eigenvalue weighted by molar-refractivity contribution is 5.95. The molecular formula is C23H30N6O2. The summed E-state index contributed by atoms with van der Waals surface area (Å²) < 4.78 is 6.36. The molecule has 2 aromatic rings. The molecule has 8 nitrogen and oxygen atoms in total. The molecule has 0 unspecified atom stereocenters. The van der Waals surface area contributed by atoms with E-state index >= 15 is 0 Å². The summed E-state index contributed by atoms with van der Waals surface area (Å²) in [6.45, 7) is 4.05. The maximum absolute atomic E-state index is 12.8. The highest BCUT2D eigenvalue weighted by Gasteiger charge is 2.43. The number of piperidine rings is 1.